The van der Waals surface area contributed by atoms with Crippen LogP contribution in [0.4, 0.5) is 5.95 Å². The minimum absolute atomic E-state index is 0.215. The lowest BCUT2D eigenvalue weighted by Crippen LogP contribution is -2.50. The first kappa shape index (κ1) is 11.4. The zero-order valence-corrected chi connectivity index (χ0v) is 11.9. The Morgan fingerprint density at radius 1 is 1.59 bits per heavy atom. The highest BCUT2D eigenvalue weighted by Gasteiger charge is 2.31. The van der Waals surface area contributed by atoms with Gasteiger partial charge >= 0.3 is 0 Å². The highest BCUT2D eigenvalue weighted by molar-refractivity contribution is 9.10. The molecule has 1 aliphatic rings. The molecule has 5 heteroatoms. The number of nitrogens with zero attached hydrogens (tertiary/aromatic N) is 2. The second-order valence-electron chi connectivity index (χ2n) is 5.14. The fourth-order valence-electron chi connectivity index (χ4n) is 2.14. The third-order valence-electron chi connectivity index (χ3n) is 3.35. The lowest BCUT2D eigenvalue weighted by atomic mass is 9.77. The smallest absolute Gasteiger partial charge is 0.222 e. The van der Waals surface area contributed by atoms with Gasteiger partial charge in [-0.3, -0.25) is 0 Å². The Morgan fingerprint density at radius 2 is 2.29 bits per heavy atom. The first-order chi connectivity index (χ1) is 8.49. The first-order valence-corrected chi connectivity index (χ1v) is 6.76. The molecule has 2 N–H and O–H groups in total. The Kier molecular flexibility index (Phi) is 3.57. The van der Waals surface area contributed by atoms with Gasteiger partial charge in [0.2, 0.25) is 5.95 Å². The summed E-state index contributed by atoms with van der Waals surface area (Å²) in [5, 5.41) is 4.87. The van der Waals surface area contributed by atoms with E-state index in [1.54, 1.807) is 12.4 Å². The summed E-state index contributed by atoms with van der Waals surface area (Å²) in [6.07, 6.45) is 5.74. The van der Waals surface area contributed by atoms with E-state index in [4.69, 9.17) is 1.41 Å². The molecule has 0 spiro atoms. The summed E-state index contributed by atoms with van der Waals surface area (Å²) in [4.78, 5) is 8.29. The highest BCUT2D eigenvalue weighted by Crippen LogP contribution is 2.29. The van der Waals surface area contributed by atoms with E-state index >= 15 is 0 Å². The third kappa shape index (κ3) is 3.39. The number of aromatic nitrogens is 2. The highest BCUT2D eigenvalue weighted by atomic mass is 79.9. The maximum absolute atomic E-state index is 8.05. The van der Waals surface area contributed by atoms with Gasteiger partial charge in [-0.05, 0) is 40.7 Å². The van der Waals surface area contributed by atoms with Gasteiger partial charge in [0.1, 0.15) is 0 Å². The van der Waals surface area contributed by atoms with Crippen molar-refractivity contribution in [3.8, 4) is 0 Å². The van der Waals surface area contributed by atoms with Gasteiger partial charge in [0.15, 0.2) is 1.41 Å². The normalized spacial score (nSPS) is 24.2. The largest absolute Gasteiger partial charge is 0.353 e. The predicted molar refractivity (Wildman–Crippen MR) is 73.0 cm³/mol. The molecular weight excluding hydrogens is 280 g/mol. The molecule has 94 valence electrons. The average Bonchev–Trinajstić information content (AvgIpc) is 2.32. The zero-order chi connectivity index (χ0) is 13.2. The monoisotopic (exact) mass is 299 g/mol. The van der Waals surface area contributed by atoms with Crippen LogP contribution in [0, 0.1) is 5.41 Å². The van der Waals surface area contributed by atoms with Gasteiger partial charge in [-0.2, -0.15) is 0 Å². The second-order valence-corrected chi connectivity index (χ2v) is 6.06. The topological polar surface area (TPSA) is 49.8 Å². The Labute approximate surface area is 112 Å². The van der Waals surface area contributed by atoms with Gasteiger partial charge in [-0.15, -0.1) is 0 Å². The van der Waals surface area contributed by atoms with E-state index in [-0.39, 0.29) is 5.41 Å². The van der Waals surface area contributed by atoms with Crippen molar-refractivity contribution in [1.29, 1.82) is 0 Å². The van der Waals surface area contributed by atoms with Crippen LogP contribution < -0.4 is 10.6 Å². The minimum atomic E-state index is 0.215. The maximum atomic E-state index is 8.05. The fourth-order valence-corrected chi connectivity index (χ4v) is 2.35. The van der Waals surface area contributed by atoms with Crippen molar-refractivity contribution in [3.05, 3.63) is 16.9 Å². The molecule has 0 unspecified atom stereocenters. The van der Waals surface area contributed by atoms with Crippen LogP contribution in [0.1, 0.15) is 26.7 Å². The van der Waals surface area contributed by atoms with Crippen LogP contribution in [0.5, 0.6) is 0 Å². The van der Waals surface area contributed by atoms with Crippen molar-refractivity contribution in [2.24, 2.45) is 5.41 Å². The van der Waals surface area contributed by atoms with E-state index in [2.05, 4.69) is 45.1 Å². The SMILES string of the molecule is [2H]N(C[C@@H]1NCCCC1(C)C)c1ncc(Br)cn1. The molecule has 17 heavy (non-hydrogen) atoms. The Balaban J connectivity index is 2.02. The van der Waals surface area contributed by atoms with E-state index in [0.29, 0.717) is 18.5 Å². The molecule has 1 saturated heterocycles. The van der Waals surface area contributed by atoms with Crippen molar-refractivity contribution in [1.82, 2.24) is 15.3 Å². The molecule has 1 aliphatic heterocycles. The fraction of sp³-hybridized carbons (Fsp3) is 0.667. The van der Waals surface area contributed by atoms with Crippen molar-refractivity contribution in [2.75, 3.05) is 18.4 Å². The van der Waals surface area contributed by atoms with Crippen LogP contribution >= 0.6 is 15.9 Å². The molecule has 1 aromatic heterocycles. The lowest BCUT2D eigenvalue weighted by molar-refractivity contribution is 0.188. The Morgan fingerprint density at radius 3 is 2.94 bits per heavy atom. The molecule has 4 nitrogen and oxygen atoms in total. The van der Waals surface area contributed by atoms with Gasteiger partial charge < -0.3 is 10.6 Å². The van der Waals surface area contributed by atoms with Crippen molar-refractivity contribution >= 4 is 21.9 Å². The summed E-state index contributed by atoms with van der Waals surface area (Å²) in [5.41, 5.74) is 0.215. The van der Waals surface area contributed by atoms with Crippen LogP contribution in [0.15, 0.2) is 16.9 Å². The van der Waals surface area contributed by atoms with Crippen molar-refractivity contribution in [2.45, 2.75) is 32.7 Å². The third-order valence-corrected chi connectivity index (χ3v) is 3.76. The maximum Gasteiger partial charge on any atom is 0.222 e. The Bertz CT molecular complexity index is 396. The molecule has 0 radical (unpaired) electrons. The first-order valence-electron chi connectivity index (χ1n) is 6.41. The molecule has 0 amide bonds. The van der Waals surface area contributed by atoms with Crippen LogP contribution in [-0.4, -0.2) is 29.1 Å². The molecule has 1 atom stereocenters. The van der Waals surface area contributed by atoms with E-state index in [1.807, 2.05) is 0 Å². The van der Waals surface area contributed by atoms with E-state index in [1.165, 1.54) is 18.2 Å². The zero-order valence-electron chi connectivity index (χ0n) is 11.3. The second kappa shape index (κ2) is 5.31. The molecule has 0 aliphatic carbocycles. The molecule has 0 aromatic carbocycles. The number of nitrogens with one attached hydrogen (secondary N) is 2. The summed E-state index contributed by atoms with van der Waals surface area (Å²) in [6, 6.07) is 0.302. The summed E-state index contributed by atoms with van der Waals surface area (Å²) in [7, 11) is 0. The van der Waals surface area contributed by atoms with Gasteiger partial charge in [0, 0.05) is 25.0 Å². The number of anilines is 1. The average molecular weight is 300 g/mol. The molecule has 0 saturated carbocycles. The number of hydrogen-bond donors (Lipinski definition) is 2. The van der Waals surface area contributed by atoms with Gasteiger partial charge in [0.05, 0.1) is 4.47 Å². The van der Waals surface area contributed by atoms with E-state index in [0.717, 1.165) is 11.0 Å². The Hall–Kier alpha value is -0.680. The molecule has 1 aromatic rings. The van der Waals surface area contributed by atoms with Gasteiger partial charge in [-0.25, -0.2) is 9.97 Å². The lowest BCUT2D eigenvalue weighted by Gasteiger charge is -2.39. The minimum Gasteiger partial charge on any atom is -0.353 e. The van der Waals surface area contributed by atoms with E-state index in [9.17, 15) is 0 Å². The van der Waals surface area contributed by atoms with E-state index < -0.39 is 0 Å². The molecular formula is C12H19BrN4. The summed E-state index contributed by atoms with van der Waals surface area (Å²) in [6.45, 7) is 6.14. The summed E-state index contributed by atoms with van der Waals surface area (Å²) >= 11 is 3.29. The van der Waals surface area contributed by atoms with Crippen LogP contribution in [0.2, 0.25) is 1.41 Å². The number of hydrogen-bond acceptors (Lipinski definition) is 4. The van der Waals surface area contributed by atoms with Crippen molar-refractivity contribution in [3.63, 3.8) is 0 Å². The van der Waals surface area contributed by atoms with Crippen LogP contribution in [-0.2, 0) is 0 Å². The van der Waals surface area contributed by atoms with Gasteiger partial charge in [-0.1, -0.05) is 13.8 Å². The number of halogens is 1. The predicted octanol–water partition coefficient (Wildman–Crippen LogP) is 2.43. The quantitative estimate of drug-likeness (QED) is 0.900. The molecule has 2 rings (SSSR count). The van der Waals surface area contributed by atoms with Gasteiger partial charge in [0.25, 0.3) is 0 Å². The van der Waals surface area contributed by atoms with Crippen LogP contribution in [0.3, 0.4) is 0 Å². The summed E-state index contributed by atoms with van der Waals surface area (Å²) < 4.78 is 8.88. The molecule has 1 fully saturated rings. The molecule has 2 heterocycles. The van der Waals surface area contributed by atoms with Crippen molar-refractivity contribution < 1.29 is 1.41 Å². The molecule has 0 bridgehead atoms. The van der Waals surface area contributed by atoms with Crippen LogP contribution in [0.25, 0.3) is 0 Å². The standard InChI is InChI=1S/C12H19BrN4/c1-12(2)4-3-5-14-10(12)8-17-11-15-6-9(13)7-16-11/h6-7,10,14H,3-5,8H2,1-2H3,(H,15,16,17)/t10-/m0/s1/i/hD. The number of piperidine rings is 1. The number of rotatable bonds is 3. The summed E-state index contributed by atoms with van der Waals surface area (Å²) in [5.74, 6) is 0.446.